The number of halogens is 1. The lowest BCUT2D eigenvalue weighted by molar-refractivity contribution is 0.0690. The minimum Gasteiger partial charge on any atom is -0.507 e. The van der Waals surface area contributed by atoms with Crippen LogP contribution in [-0.2, 0) is 0 Å². The number of phenols is 1. The second-order valence-corrected chi connectivity index (χ2v) is 3.37. The number of aromatic hydroxyl groups is 1. The van der Waals surface area contributed by atoms with Crippen LogP contribution in [0.2, 0.25) is 0 Å². The number of carbonyl (C=O) groups is 1. The van der Waals surface area contributed by atoms with Gasteiger partial charge in [-0.25, -0.2) is 14.2 Å². The van der Waals surface area contributed by atoms with E-state index in [1.165, 1.54) is 24.3 Å². The molecule has 1 aromatic heterocycles. The summed E-state index contributed by atoms with van der Waals surface area (Å²) < 4.78 is 13.0. The van der Waals surface area contributed by atoms with Crippen LogP contribution in [0.25, 0.3) is 11.3 Å². The van der Waals surface area contributed by atoms with E-state index in [-0.39, 0.29) is 22.7 Å². The normalized spacial score (nSPS) is 10.2. The summed E-state index contributed by atoms with van der Waals surface area (Å²) in [5.41, 5.74) is 0.209. The lowest BCUT2D eigenvalue weighted by Crippen LogP contribution is -2.00. The molecule has 0 atom stereocenters. The van der Waals surface area contributed by atoms with Gasteiger partial charge in [-0.3, -0.25) is 0 Å². The number of aromatic nitrogens is 1. The van der Waals surface area contributed by atoms with Crippen LogP contribution < -0.4 is 0 Å². The molecule has 0 bridgehead atoms. The van der Waals surface area contributed by atoms with Crippen LogP contribution in [0.5, 0.6) is 5.75 Å². The number of pyridine rings is 1. The highest BCUT2D eigenvalue weighted by atomic mass is 19.1. The number of phenolic OH excluding ortho intramolecular Hbond substituents is 1. The quantitative estimate of drug-likeness (QED) is 0.834. The summed E-state index contributed by atoms with van der Waals surface area (Å²) in [6, 6.07) is 7.71. The van der Waals surface area contributed by atoms with Crippen LogP contribution in [0.3, 0.4) is 0 Å². The van der Waals surface area contributed by atoms with Gasteiger partial charge in [0, 0.05) is 5.56 Å². The molecule has 2 rings (SSSR count). The highest BCUT2D eigenvalue weighted by Crippen LogP contribution is 2.28. The minimum atomic E-state index is -1.18. The summed E-state index contributed by atoms with van der Waals surface area (Å²) in [6.07, 6.45) is 0. The maximum Gasteiger partial charge on any atom is 0.354 e. The van der Waals surface area contributed by atoms with Crippen molar-refractivity contribution in [2.75, 3.05) is 0 Å². The monoisotopic (exact) mass is 233 g/mol. The van der Waals surface area contributed by atoms with Gasteiger partial charge in [0.05, 0.1) is 5.69 Å². The zero-order valence-corrected chi connectivity index (χ0v) is 8.59. The Bertz CT molecular complexity index is 584. The zero-order chi connectivity index (χ0) is 12.4. The Morgan fingerprint density at radius 1 is 1.24 bits per heavy atom. The molecule has 1 aromatic carbocycles. The van der Waals surface area contributed by atoms with Gasteiger partial charge in [-0.05, 0) is 30.3 Å². The Kier molecular flexibility index (Phi) is 2.74. The van der Waals surface area contributed by atoms with Gasteiger partial charge in [-0.15, -0.1) is 0 Å². The molecule has 0 fully saturated rings. The SMILES string of the molecule is O=C(O)c1cccc(-c2cc(F)ccc2O)n1. The molecule has 0 amide bonds. The number of rotatable bonds is 2. The van der Waals surface area contributed by atoms with E-state index in [9.17, 15) is 14.3 Å². The van der Waals surface area contributed by atoms with E-state index in [0.717, 1.165) is 12.1 Å². The molecule has 0 spiro atoms. The van der Waals surface area contributed by atoms with Crippen molar-refractivity contribution in [1.82, 2.24) is 4.98 Å². The second-order valence-electron chi connectivity index (χ2n) is 3.37. The van der Waals surface area contributed by atoms with Gasteiger partial charge in [0.1, 0.15) is 17.3 Å². The van der Waals surface area contributed by atoms with Crippen LogP contribution in [-0.4, -0.2) is 21.2 Å². The van der Waals surface area contributed by atoms with Gasteiger partial charge in [0.15, 0.2) is 0 Å². The van der Waals surface area contributed by atoms with Crippen molar-refractivity contribution in [1.29, 1.82) is 0 Å². The molecule has 2 aromatic rings. The number of hydrogen-bond acceptors (Lipinski definition) is 3. The molecule has 0 saturated carbocycles. The van der Waals surface area contributed by atoms with Crippen molar-refractivity contribution in [3.63, 3.8) is 0 Å². The number of nitrogens with zero attached hydrogens (tertiary/aromatic N) is 1. The minimum absolute atomic E-state index is 0.151. The predicted octanol–water partition coefficient (Wildman–Crippen LogP) is 2.29. The van der Waals surface area contributed by atoms with E-state index in [0.29, 0.717) is 0 Å². The smallest absolute Gasteiger partial charge is 0.354 e. The standard InChI is InChI=1S/C12H8FNO3/c13-7-4-5-11(15)8(6-7)9-2-1-3-10(14-9)12(16)17/h1-6,15H,(H,16,17). The molecule has 4 nitrogen and oxygen atoms in total. The molecule has 0 aliphatic carbocycles. The van der Waals surface area contributed by atoms with Gasteiger partial charge < -0.3 is 10.2 Å². The fourth-order valence-electron chi connectivity index (χ4n) is 1.42. The van der Waals surface area contributed by atoms with Crippen molar-refractivity contribution in [3.8, 4) is 17.0 Å². The predicted molar refractivity (Wildman–Crippen MR) is 58.3 cm³/mol. The summed E-state index contributed by atoms with van der Waals surface area (Å²) in [4.78, 5) is 14.6. The molecule has 1 heterocycles. The average Bonchev–Trinajstić information content (AvgIpc) is 2.32. The van der Waals surface area contributed by atoms with E-state index in [2.05, 4.69) is 4.98 Å². The van der Waals surface area contributed by atoms with Crippen LogP contribution in [0, 0.1) is 5.82 Å². The fourth-order valence-corrected chi connectivity index (χ4v) is 1.42. The largest absolute Gasteiger partial charge is 0.507 e. The van der Waals surface area contributed by atoms with E-state index in [1.807, 2.05) is 0 Å². The molecule has 0 radical (unpaired) electrons. The van der Waals surface area contributed by atoms with Gasteiger partial charge >= 0.3 is 5.97 Å². The van der Waals surface area contributed by atoms with Gasteiger partial charge in [-0.2, -0.15) is 0 Å². The van der Waals surface area contributed by atoms with Gasteiger partial charge in [0.25, 0.3) is 0 Å². The van der Waals surface area contributed by atoms with Crippen LogP contribution in [0.15, 0.2) is 36.4 Å². The lowest BCUT2D eigenvalue weighted by Gasteiger charge is -2.04. The third kappa shape index (κ3) is 2.23. The zero-order valence-electron chi connectivity index (χ0n) is 8.59. The molecule has 0 saturated heterocycles. The molecular formula is C12H8FNO3. The van der Waals surface area contributed by atoms with Crippen molar-refractivity contribution < 1.29 is 19.4 Å². The molecular weight excluding hydrogens is 225 g/mol. The van der Waals surface area contributed by atoms with E-state index in [4.69, 9.17) is 5.11 Å². The first kappa shape index (κ1) is 11.1. The highest BCUT2D eigenvalue weighted by molar-refractivity contribution is 5.86. The maximum atomic E-state index is 13.0. The first-order valence-corrected chi connectivity index (χ1v) is 4.77. The molecule has 0 aliphatic heterocycles. The molecule has 0 aliphatic rings. The summed E-state index contributed by atoms with van der Waals surface area (Å²) in [7, 11) is 0. The van der Waals surface area contributed by atoms with Crippen LogP contribution >= 0.6 is 0 Å². The Morgan fingerprint density at radius 3 is 2.71 bits per heavy atom. The third-order valence-corrected chi connectivity index (χ3v) is 2.20. The highest BCUT2D eigenvalue weighted by Gasteiger charge is 2.10. The van der Waals surface area contributed by atoms with E-state index < -0.39 is 11.8 Å². The average molecular weight is 233 g/mol. The summed E-state index contributed by atoms with van der Waals surface area (Å²) >= 11 is 0. The first-order valence-electron chi connectivity index (χ1n) is 4.77. The van der Waals surface area contributed by atoms with Crippen LogP contribution in [0.1, 0.15) is 10.5 Å². The molecule has 17 heavy (non-hydrogen) atoms. The Labute approximate surface area is 96.0 Å². The third-order valence-electron chi connectivity index (χ3n) is 2.20. The van der Waals surface area contributed by atoms with Crippen molar-refractivity contribution >= 4 is 5.97 Å². The van der Waals surface area contributed by atoms with E-state index in [1.54, 1.807) is 0 Å². The number of carboxylic acids is 1. The molecule has 5 heteroatoms. The molecule has 2 N–H and O–H groups in total. The maximum absolute atomic E-state index is 13.0. The van der Waals surface area contributed by atoms with Gasteiger partial charge in [0.2, 0.25) is 0 Å². The summed E-state index contributed by atoms with van der Waals surface area (Å²) in [5, 5.41) is 18.3. The Balaban J connectivity index is 2.56. The van der Waals surface area contributed by atoms with Crippen molar-refractivity contribution in [3.05, 3.63) is 47.9 Å². The summed E-state index contributed by atoms with van der Waals surface area (Å²) in [5.74, 6) is -1.86. The number of benzene rings is 1. The topological polar surface area (TPSA) is 70.4 Å². The number of carboxylic acid groups (broad SMARTS) is 1. The Morgan fingerprint density at radius 2 is 2.00 bits per heavy atom. The fraction of sp³-hybridized carbons (Fsp3) is 0. The number of aromatic carboxylic acids is 1. The van der Waals surface area contributed by atoms with Crippen molar-refractivity contribution in [2.45, 2.75) is 0 Å². The van der Waals surface area contributed by atoms with Crippen LogP contribution in [0.4, 0.5) is 4.39 Å². The Hall–Kier alpha value is -2.43. The van der Waals surface area contributed by atoms with Crippen molar-refractivity contribution in [2.24, 2.45) is 0 Å². The summed E-state index contributed by atoms with van der Waals surface area (Å²) in [6.45, 7) is 0. The molecule has 86 valence electrons. The van der Waals surface area contributed by atoms with Gasteiger partial charge in [-0.1, -0.05) is 6.07 Å². The molecule has 0 unspecified atom stereocenters. The second kappa shape index (κ2) is 4.21. The first-order chi connectivity index (χ1) is 8.08. The lowest BCUT2D eigenvalue weighted by atomic mass is 10.1. The number of hydrogen-bond donors (Lipinski definition) is 2. The van der Waals surface area contributed by atoms with E-state index >= 15 is 0 Å².